The van der Waals surface area contributed by atoms with Crippen LogP contribution in [0, 0.1) is 21.7 Å². The van der Waals surface area contributed by atoms with Gasteiger partial charge in [0.15, 0.2) is 5.69 Å². The van der Waals surface area contributed by atoms with Gasteiger partial charge in [-0.05, 0) is 51.8 Å². The molecule has 1 aliphatic heterocycles. The Morgan fingerprint density at radius 2 is 1.68 bits per heavy atom. The first-order chi connectivity index (χ1) is 18.2. The third kappa shape index (κ3) is 4.61. The summed E-state index contributed by atoms with van der Waals surface area (Å²) in [6.07, 6.45) is 0. The lowest BCUT2D eigenvalue weighted by atomic mass is 9.95. The van der Waals surface area contributed by atoms with Crippen LogP contribution in [0.1, 0.15) is 17.2 Å². The van der Waals surface area contributed by atoms with Gasteiger partial charge in [0, 0.05) is 44.9 Å². The number of hydrogen-bond donors (Lipinski definition) is 1. The predicted octanol–water partition coefficient (Wildman–Crippen LogP) is 4.50. The summed E-state index contributed by atoms with van der Waals surface area (Å²) in [5, 5.41) is 22.6. The number of aryl methyl sites for hydroxylation is 1. The number of benzene rings is 2. The fourth-order valence-corrected chi connectivity index (χ4v) is 5.31. The van der Waals surface area contributed by atoms with Crippen LogP contribution in [0.3, 0.4) is 0 Å². The molecule has 1 fully saturated rings. The van der Waals surface area contributed by atoms with Crippen LogP contribution in [0.15, 0.2) is 64.0 Å². The molecule has 12 heteroatoms. The molecule has 196 valence electrons. The number of nitro groups is 1. The molecule has 0 bridgehead atoms. The fraction of sp³-hybridized carbons (Fsp3) is 0.231. The van der Waals surface area contributed by atoms with E-state index in [4.69, 9.17) is 0 Å². The van der Waals surface area contributed by atoms with Gasteiger partial charge < -0.3 is 14.6 Å². The molecule has 0 saturated carbocycles. The highest BCUT2D eigenvalue weighted by Gasteiger charge is 2.34. The van der Waals surface area contributed by atoms with Crippen molar-refractivity contribution in [1.29, 1.82) is 0 Å². The molecule has 2 aromatic heterocycles. The van der Waals surface area contributed by atoms with E-state index in [0.717, 1.165) is 6.07 Å². The van der Waals surface area contributed by atoms with Gasteiger partial charge in [-0.25, -0.2) is 13.8 Å². The zero-order chi connectivity index (χ0) is 27.1. The minimum absolute atomic E-state index is 0.150. The molecule has 38 heavy (non-hydrogen) atoms. The average molecular weight is 586 g/mol. The first-order valence-corrected chi connectivity index (χ1v) is 12.5. The van der Waals surface area contributed by atoms with Crippen molar-refractivity contribution < 1.29 is 18.8 Å². The van der Waals surface area contributed by atoms with Crippen LogP contribution in [0.4, 0.5) is 20.2 Å². The number of halogens is 3. The molecule has 3 heterocycles. The molecule has 5 rings (SSSR count). The second kappa shape index (κ2) is 10.1. The summed E-state index contributed by atoms with van der Waals surface area (Å²) in [7, 11) is 1.47. The topological polar surface area (TPSA) is 105 Å². The number of phenolic OH excluding ortho intramolecular Hbond substituents is 1. The van der Waals surface area contributed by atoms with Gasteiger partial charge in [0.05, 0.1) is 16.5 Å². The van der Waals surface area contributed by atoms with Gasteiger partial charge in [0.25, 0.3) is 0 Å². The van der Waals surface area contributed by atoms with E-state index in [0.29, 0.717) is 52.9 Å². The quantitative estimate of drug-likeness (QED) is 0.209. The van der Waals surface area contributed by atoms with E-state index in [1.807, 2.05) is 4.90 Å². The number of rotatable bonds is 5. The zero-order valence-electron chi connectivity index (χ0n) is 20.1. The Morgan fingerprint density at radius 3 is 2.32 bits per heavy atom. The van der Waals surface area contributed by atoms with E-state index in [1.54, 1.807) is 29.2 Å². The fourth-order valence-electron chi connectivity index (χ4n) is 5.00. The molecule has 0 spiro atoms. The lowest BCUT2D eigenvalue weighted by Gasteiger charge is -2.40. The molecule has 1 aliphatic rings. The molecular weight excluding hydrogens is 564 g/mol. The van der Waals surface area contributed by atoms with Gasteiger partial charge in [-0.3, -0.25) is 19.8 Å². The van der Waals surface area contributed by atoms with Gasteiger partial charge in [-0.15, -0.1) is 0 Å². The van der Waals surface area contributed by atoms with Crippen molar-refractivity contribution >= 4 is 38.3 Å². The Kier molecular flexibility index (Phi) is 6.84. The van der Waals surface area contributed by atoms with E-state index in [-0.39, 0.29) is 11.4 Å². The average Bonchev–Trinajstić information content (AvgIpc) is 2.88. The maximum atomic E-state index is 13.7. The minimum atomic E-state index is -0.732. The van der Waals surface area contributed by atoms with E-state index < -0.39 is 33.8 Å². The number of aromatic nitrogens is 2. The monoisotopic (exact) mass is 585 g/mol. The third-order valence-electron chi connectivity index (χ3n) is 6.81. The molecular formula is C26H22BrF2N5O4. The van der Waals surface area contributed by atoms with Gasteiger partial charge in [0.2, 0.25) is 0 Å². The van der Waals surface area contributed by atoms with Crippen LogP contribution in [0.25, 0.3) is 11.0 Å². The number of aromatic hydroxyl groups is 1. The maximum absolute atomic E-state index is 13.7. The van der Waals surface area contributed by atoms with Crippen LogP contribution in [-0.4, -0.2) is 50.7 Å². The minimum Gasteiger partial charge on any atom is -0.507 e. The van der Waals surface area contributed by atoms with Crippen molar-refractivity contribution in [2.75, 3.05) is 31.1 Å². The predicted molar refractivity (Wildman–Crippen MR) is 141 cm³/mol. The highest BCUT2D eigenvalue weighted by molar-refractivity contribution is 9.10. The number of pyridine rings is 2. The Bertz CT molecular complexity index is 1600. The molecule has 0 radical (unpaired) electrons. The molecule has 1 unspecified atom stereocenters. The number of anilines is 1. The Balaban J connectivity index is 1.55. The van der Waals surface area contributed by atoms with Crippen LogP contribution >= 0.6 is 15.9 Å². The van der Waals surface area contributed by atoms with Crippen LogP contribution in [0.2, 0.25) is 0 Å². The molecule has 0 amide bonds. The zero-order valence-corrected chi connectivity index (χ0v) is 21.7. The molecule has 0 aliphatic carbocycles. The van der Waals surface area contributed by atoms with Crippen molar-refractivity contribution in [2.24, 2.45) is 7.05 Å². The number of nitrogens with zero attached hydrogens (tertiary/aromatic N) is 5. The number of piperazine rings is 1. The van der Waals surface area contributed by atoms with Gasteiger partial charge >= 0.3 is 11.2 Å². The largest absolute Gasteiger partial charge is 0.507 e. The first-order valence-electron chi connectivity index (χ1n) is 11.7. The van der Waals surface area contributed by atoms with Crippen LogP contribution < -0.4 is 10.5 Å². The smallest absolute Gasteiger partial charge is 0.359 e. The third-order valence-corrected chi connectivity index (χ3v) is 7.25. The van der Waals surface area contributed by atoms with E-state index in [1.165, 1.54) is 35.9 Å². The maximum Gasteiger partial charge on any atom is 0.359 e. The summed E-state index contributed by atoms with van der Waals surface area (Å²) in [5.74, 6) is -1.23. The summed E-state index contributed by atoms with van der Waals surface area (Å²) in [4.78, 5) is 32.6. The second-order valence-corrected chi connectivity index (χ2v) is 9.81. The lowest BCUT2D eigenvalue weighted by Crippen LogP contribution is -2.48. The normalized spacial score (nSPS) is 15.1. The Morgan fingerprint density at radius 1 is 1.03 bits per heavy atom. The van der Waals surface area contributed by atoms with Crippen molar-refractivity contribution in [3.8, 4) is 5.75 Å². The van der Waals surface area contributed by atoms with E-state index >= 15 is 0 Å². The van der Waals surface area contributed by atoms with Crippen molar-refractivity contribution in [3.05, 3.63) is 102 Å². The van der Waals surface area contributed by atoms with Gasteiger partial charge in [-0.1, -0.05) is 18.2 Å². The SMILES string of the molecule is Cn1c(=O)c([N+](=O)[O-])c(N2CCN(C(c3ccc(F)cc3)c3ccc(F)cc3O)CC2)c2nc(Br)ccc21. The molecule has 1 atom stereocenters. The number of fused-ring (bicyclic) bond motifs is 1. The van der Waals surface area contributed by atoms with E-state index in [9.17, 15) is 28.8 Å². The van der Waals surface area contributed by atoms with Crippen molar-refractivity contribution in [2.45, 2.75) is 6.04 Å². The second-order valence-electron chi connectivity index (χ2n) is 9.00. The highest BCUT2D eigenvalue weighted by atomic mass is 79.9. The van der Waals surface area contributed by atoms with Gasteiger partial charge in [0.1, 0.15) is 27.5 Å². The summed E-state index contributed by atoms with van der Waals surface area (Å²) in [5.41, 5.74) is 0.792. The van der Waals surface area contributed by atoms with Crippen molar-refractivity contribution in [1.82, 2.24) is 14.5 Å². The molecule has 1 saturated heterocycles. The summed E-state index contributed by atoms with van der Waals surface area (Å²) in [6, 6.07) is 12.4. The van der Waals surface area contributed by atoms with Crippen LogP contribution in [-0.2, 0) is 7.05 Å². The molecule has 4 aromatic rings. The number of hydrogen-bond acceptors (Lipinski definition) is 7. The molecule has 9 nitrogen and oxygen atoms in total. The highest BCUT2D eigenvalue weighted by Crippen LogP contribution is 2.38. The summed E-state index contributed by atoms with van der Waals surface area (Å²) >= 11 is 3.32. The molecule has 1 N–H and O–H groups in total. The first kappa shape index (κ1) is 25.7. The lowest BCUT2D eigenvalue weighted by molar-refractivity contribution is -0.385. The summed E-state index contributed by atoms with van der Waals surface area (Å²) in [6.45, 7) is 1.36. The Hall–Kier alpha value is -3.90. The van der Waals surface area contributed by atoms with E-state index in [2.05, 4.69) is 20.9 Å². The number of phenols is 1. The Labute approximate surface area is 223 Å². The summed E-state index contributed by atoms with van der Waals surface area (Å²) < 4.78 is 29.1. The standard InChI is InChI=1S/C26H22BrF2N5O4/c1-31-19-8-9-21(27)30-22(19)24(25(26(31)36)34(37)38)33-12-10-32(11-13-33)23(15-2-4-16(28)5-3-15)18-7-6-17(29)14-20(18)35/h2-9,14,23,35H,10-13H2,1H3. The van der Waals surface area contributed by atoms with Gasteiger partial charge in [-0.2, -0.15) is 0 Å². The van der Waals surface area contributed by atoms with Crippen LogP contribution in [0.5, 0.6) is 5.75 Å². The molecule has 2 aromatic carbocycles. The van der Waals surface area contributed by atoms with Crippen molar-refractivity contribution in [3.63, 3.8) is 0 Å².